The van der Waals surface area contributed by atoms with Crippen LogP contribution in [0, 0.1) is 0 Å². The van der Waals surface area contributed by atoms with Crippen molar-refractivity contribution in [3.8, 4) is 0 Å². The molecule has 21 heavy (non-hydrogen) atoms. The molecule has 2 aliphatic heterocycles. The lowest BCUT2D eigenvalue weighted by Crippen LogP contribution is -2.53. The van der Waals surface area contributed by atoms with Gasteiger partial charge < -0.3 is 20.3 Å². The Morgan fingerprint density at radius 2 is 1.48 bits per heavy atom. The summed E-state index contributed by atoms with van der Waals surface area (Å²) >= 11 is 0. The van der Waals surface area contributed by atoms with Crippen LogP contribution in [0.3, 0.4) is 0 Å². The van der Waals surface area contributed by atoms with Gasteiger partial charge in [-0.05, 0) is 13.0 Å². The minimum Gasteiger partial charge on any atom is -0.379 e. The number of piperazine rings is 1. The van der Waals surface area contributed by atoms with E-state index in [4.69, 9.17) is 10.5 Å². The van der Waals surface area contributed by atoms with Crippen molar-refractivity contribution in [2.24, 2.45) is 5.73 Å². The summed E-state index contributed by atoms with van der Waals surface area (Å²) in [5.74, 6) is 0.312. The van der Waals surface area contributed by atoms with E-state index in [1.165, 1.54) is 0 Å². The Hall–Kier alpha value is -1.18. The number of amides is 2. The van der Waals surface area contributed by atoms with Gasteiger partial charge in [-0.15, -0.1) is 0 Å². The maximum atomic E-state index is 12.2. The molecule has 2 N–H and O–H groups in total. The van der Waals surface area contributed by atoms with E-state index in [0.717, 1.165) is 19.5 Å². The van der Waals surface area contributed by atoms with Gasteiger partial charge in [0.15, 0.2) is 0 Å². The van der Waals surface area contributed by atoms with Crippen LogP contribution in [-0.4, -0.2) is 92.1 Å². The molecule has 0 unspecified atom stereocenters. The summed E-state index contributed by atoms with van der Waals surface area (Å²) in [5, 5.41) is 0. The molecular formula is C14H26N4O3. The first kappa shape index (κ1) is 16.2. The van der Waals surface area contributed by atoms with E-state index >= 15 is 0 Å². The van der Waals surface area contributed by atoms with E-state index in [-0.39, 0.29) is 11.8 Å². The fraction of sp³-hybridized carbons (Fsp3) is 0.857. The van der Waals surface area contributed by atoms with Gasteiger partial charge in [0.05, 0.1) is 19.8 Å². The Morgan fingerprint density at radius 3 is 2.05 bits per heavy atom. The van der Waals surface area contributed by atoms with Crippen LogP contribution in [0.25, 0.3) is 0 Å². The molecule has 0 aliphatic carbocycles. The van der Waals surface area contributed by atoms with Gasteiger partial charge in [0, 0.05) is 45.7 Å². The molecule has 0 aromatic heterocycles. The highest BCUT2D eigenvalue weighted by atomic mass is 16.5. The number of carbonyl (C=O) groups excluding carboxylic acids is 2. The molecule has 0 aromatic carbocycles. The molecule has 0 aromatic rings. The monoisotopic (exact) mass is 298 g/mol. The summed E-state index contributed by atoms with van der Waals surface area (Å²) in [6, 6.07) is 0. The van der Waals surface area contributed by atoms with E-state index in [1.54, 1.807) is 0 Å². The lowest BCUT2D eigenvalue weighted by molar-refractivity contribution is -0.140. The van der Waals surface area contributed by atoms with Crippen molar-refractivity contribution >= 4 is 11.8 Å². The molecule has 0 spiro atoms. The number of nitrogens with zero attached hydrogens (tertiary/aromatic N) is 3. The van der Waals surface area contributed by atoms with Crippen LogP contribution in [0.1, 0.15) is 12.8 Å². The van der Waals surface area contributed by atoms with Crippen molar-refractivity contribution < 1.29 is 14.3 Å². The van der Waals surface area contributed by atoms with Crippen molar-refractivity contribution in [3.63, 3.8) is 0 Å². The molecule has 120 valence electrons. The molecule has 2 heterocycles. The maximum Gasteiger partial charge on any atom is 0.236 e. The standard InChI is InChI=1S/C14H26N4O3/c15-3-1-2-13(19)17-4-6-18(7-5-17)14(20)12-16-8-10-21-11-9-16/h1-12,15H2. The number of ether oxygens (including phenoxy) is 1. The van der Waals surface area contributed by atoms with Crippen LogP contribution in [0.5, 0.6) is 0 Å². The van der Waals surface area contributed by atoms with Crippen LogP contribution >= 0.6 is 0 Å². The number of carbonyl (C=O) groups is 2. The van der Waals surface area contributed by atoms with Crippen molar-refractivity contribution in [3.05, 3.63) is 0 Å². The van der Waals surface area contributed by atoms with Gasteiger partial charge in [-0.1, -0.05) is 0 Å². The Morgan fingerprint density at radius 1 is 0.905 bits per heavy atom. The fourth-order valence-corrected chi connectivity index (χ4v) is 2.67. The third-order valence-corrected chi connectivity index (χ3v) is 4.04. The third kappa shape index (κ3) is 4.94. The van der Waals surface area contributed by atoms with E-state index in [1.807, 2.05) is 9.80 Å². The van der Waals surface area contributed by atoms with Crippen molar-refractivity contribution in [2.75, 3.05) is 65.6 Å². The largest absolute Gasteiger partial charge is 0.379 e. The summed E-state index contributed by atoms with van der Waals surface area (Å²) in [4.78, 5) is 30.0. The first-order valence-corrected chi connectivity index (χ1v) is 7.76. The topological polar surface area (TPSA) is 79.1 Å². The van der Waals surface area contributed by atoms with E-state index < -0.39 is 0 Å². The SMILES string of the molecule is NCCCC(=O)N1CCN(C(=O)CN2CCOCC2)CC1. The molecule has 2 fully saturated rings. The molecule has 2 aliphatic rings. The number of hydrogen-bond acceptors (Lipinski definition) is 5. The van der Waals surface area contributed by atoms with Gasteiger partial charge in [0.2, 0.25) is 11.8 Å². The van der Waals surface area contributed by atoms with Gasteiger partial charge in [0.1, 0.15) is 0 Å². The molecule has 0 radical (unpaired) electrons. The minimum absolute atomic E-state index is 0.153. The van der Waals surface area contributed by atoms with Crippen LogP contribution in [0.2, 0.25) is 0 Å². The molecular weight excluding hydrogens is 272 g/mol. The normalized spacial score (nSPS) is 20.6. The second-order valence-corrected chi connectivity index (χ2v) is 5.54. The molecule has 7 heteroatoms. The molecule has 2 saturated heterocycles. The smallest absolute Gasteiger partial charge is 0.236 e. The number of morpholine rings is 1. The molecule has 7 nitrogen and oxygen atoms in total. The molecule has 2 rings (SSSR count). The number of rotatable bonds is 5. The quantitative estimate of drug-likeness (QED) is 0.684. The Bertz CT molecular complexity index is 350. The van der Waals surface area contributed by atoms with E-state index in [2.05, 4.69) is 4.90 Å². The molecule has 0 atom stereocenters. The van der Waals surface area contributed by atoms with Crippen molar-refractivity contribution in [2.45, 2.75) is 12.8 Å². The van der Waals surface area contributed by atoms with E-state index in [9.17, 15) is 9.59 Å². The van der Waals surface area contributed by atoms with Crippen molar-refractivity contribution in [1.29, 1.82) is 0 Å². The number of hydrogen-bond donors (Lipinski definition) is 1. The maximum absolute atomic E-state index is 12.2. The Kier molecular flexibility index (Phi) is 6.41. The zero-order valence-corrected chi connectivity index (χ0v) is 12.6. The predicted molar refractivity (Wildman–Crippen MR) is 78.7 cm³/mol. The predicted octanol–water partition coefficient (Wildman–Crippen LogP) is -1.27. The average Bonchev–Trinajstić information content (AvgIpc) is 2.53. The second-order valence-electron chi connectivity index (χ2n) is 5.54. The summed E-state index contributed by atoms with van der Waals surface area (Å²) in [6.07, 6.45) is 1.24. The van der Waals surface area contributed by atoms with Gasteiger partial charge in [0.25, 0.3) is 0 Å². The lowest BCUT2D eigenvalue weighted by Gasteiger charge is -2.36. The lowest BCUT2D eigenvalue weighted by atomic mass is 10.2. The zero-order chi connectivity index (χ0) is 15.1. The van der Waals surface area contributed by atoms with Crippen molar-refractivity contribution in [1.82, 2.24) is 14.7 Å². The molecule has 2 amide bonds. The number of nitrogens with two attached hydrogens (primary N) is 1. The first-order valence-electron chi connectivity index (χ1n) is 7.76. The highest BCUT2D eigenvalue weighted by Gasteiger charge is 2.25. The third-order valence-electron chi connectivity index (χ3n) is 4.04. The molecule has 0 saturated carbocycles. The van der Waals surface area contributed by atoms with Crippen LogP contribution in [0.4, 0.5) is 0 Å². The summed E-state index contributed by atoms with van der Waals surface area (Å²) in [7, 11) is 0. The summed E-state index contributed by atoms with van der Waals surface area (Å²) in [6.45, 7) is 6.61. The Labute approximate surface area is 126 Å². The summed E-state index contributed by atoms with van der Waals surface area (Å²) < 4.78 is 5.28. The average molecular weight is 298 g/mol. The second kappa shape index (κ2) is 8.31. The van der Waals surface area contributed by atoms with Crippen LogP contribution in [-0.2, 0) is 14.3 Å². The highest BCUT2D eigenvalue weighted by Crippen LogP contribution is 2.06. The van der Waals surface area contributed by atoms with Gasteiger partial charge >= 0.3 is 0 Å². The Balaban J connectivity index is 1.70. The summed E-state index contributed by atoms with van der Waals surface area (Å²) in [5.41, 5.74) is 5.42. The first-order chi connectivity index (χ1) is 10.2. The van der Waals surface area contributed by atoms with Crippen LogP contribution in [0.15, 0.2) is 0 Å². The van der Waals surface area contributed by atoms with Gasteiger partial charge in [-0.25, -0.2) is 0 Å². The fourth-order valence-electron chi connectivity index (χ4n) is 2.67. The van der Waals surface area contributed by atoms with Gasteiger partial charge in [-0.2, -0.15) is 0 Å². The minimum atomic E-state index is 0.153. The van der Waals surface area contributed by atoms with E-state index in [0.29, 0.717) is 58.9 Å². The molecule has 0 bridgehead atoms. The van der Waals surface area contributed by atoms with Crippen LogP contribution < -0.4 is 5.73 Å². The zero-order valence-electron chi connectivity index (χ0n) is 12.6. The highest BCUT2D eigenvalue weighted by molar-refractivity contribution is 5.79. The van der Waals surface area contributed by atoms with Gasteiger partial charge in [-0.3, -0.25) is 14.5 Å².